The molecule has 2 N–H and O–H groups in total. The molecule has 2 heterocycles. The zero-order chi connectivity index (χ0) is 8.10. The molecule has 11 heavy (non-hydrogen) atoms. The van der Waals surface area contributed by atoms with Gasteiger partial charge in [-0.1, -0.05) is 0 Å². The van der Waals surface area contributed by atoms with Crippen molar-refractivity contribution in [1.29, 1.82) is 0 Å². The molecule has 0 radical (unpaired) electrons. The average molecular weight is 167 g/mol. The lowest BCUT2D eigenvalue weighted by Gasteiger charge is -1.81. The average Bonchev–Trinajstić information content (AvgIpc) is 2.55. The van der Waals surface area contributed by atoms with Gasteiger partial charge in [-0.3, -0.25) is 0 Å². The van der Waals surface area contributed by atoms with Crippen LogP contribution < -0.4 is 5.73 Å². The minimum absolute atomic E-state index is 1.06. The zero-order valence-corrected chi connectivity index (χ0v) is 7.01. The van der Waals surface area contributed by atoms with Gasteiger partial charge in [0.05, 0.1) is 0 Å². The highest BCUT2D eigenvalue weighted by molar-refractivity contribution is 7.16. The molecule has 2 aromatic rings. The summed E-state index contributed by atoms with van der Waals surface area (Å²) in [7, 11) is 1.50. The second-order valence-electron chi connectivity index (χ2n) is 1.70. The fourth-order valence-corrected chi connectivity index (χ4v) is 1.42. The Balaban J connectivity index is 0.000000281. The summed E-state index contributed by atoms with van der Waals surface area (Å²) in [4.78, 5) is 8.99. The lowest BCUT2D eigenvalue weighted by Crippen LogP contribution is -1.71. The lowest BCUT2D eigenvalue weighted by atomic mass is 10.4. The van der Waals surface area contributed by atoms with Gasteiger partial charge in [-0.2, -0.15) is 0 Å². The van der Waals surface area contributed by atoms with Crippen molar-refractivity contribution in [2.24, 2.45) is 5.73 Å². The normalized spacial score (nSPS) is 8.91. The van der Waals surface area contributed by atoms with E-state index in [0.29, 0.717) is 0 Å². The first-order valence-corrected chi connectivity index (χ1v) is 4.06. The van der Waals surface area contributed by atoms with Crippen LogP contribution in [0.2, 0.25) is 0 Å². The molecule has 0 saturated carbocycles. The Morgan fingerprint density at radius 3 is 3.00 bits per heavy atom. The largest absolute Gasteiger partial charge is 0.333 e. The van der Waals surface area contributed by atoms with Gasteiger partial charge in [0.2, 0.25) is 0 Å². The minimum atomic E-state index is 1.06. The van der Waals surface area contributed by atoms with Gasteiger partial charge in [-0.15, -0.1) is 11.3 Å². The van der Waals surface area contributed by atoms with Crippen molar-refractivity contribution in [3.8, 4) is 0 Å². The van der Waals surface area contributed by atoms with Crippen LogP contribution in [-0.2, 0) is 0 Å². The van der Waals surface area contributed by atoms with Gasteiger partial charge in [0.1, 0.15) is 11.2 Å². The molecular weight excluding hydrogens is 158 g/mol. The van der Waals surface area contributed by atoms with Gasteiger partial charge < -0.3 is 5.73 Å². The molecule has 0 aromatic carbocycles. The van der Waals surface area contributed by atoms with Crippen molar-refractivity contribution in [2.75, 3.05) is 7.05 Å². The molecular formula is C7H9N3S. The highest BCUT2D eigenvalue weighted by Gasteiger charge is 1.90. The molecule has 0 aliphatic heterocycles. The number of nitrogens with two attached hydrogens (primary N) is 1. The second-order valence-corrected chi connectivity index (χ2v) is 2.60. The number of hydrogen-bond acceptors (Lipinski definition) is 4. The molecule has 2 rings (SSSR count). The van der Waals surface area contributed by atoms with Crippen LogP contribution >= 0.6 is 11.3 Å². The third-order valence-corrected chi connectivity index (χ3v) is 1.97. The predicted molar refractivity (Wildman–Crippen MR) is 47.5 cm³/mol. The molecule has 0 unspecified atom stereocenters. The fraction of sp³-hybridized carbons (Fsp3) is 0.143. The second kappa shape index (κ2) is 4.00. The van der Waals surface area contributed by atoms with Crippen molar-refractivity contribution >= 4 is 21.6 Å². The van der Waals surface area contributed by atoms with E-state index in [4.69, 9.17) is 0 Å². The summed E-state index contributed by atoms with van der Waals surface area (Å²) >= 11 is 1.64. The predicted octanol–water partition coefficient (Wildman–Crippen LogP) is 1.27. The van der Waals surface area contributed by atoms with Crippen LogP contribution in [0.15, 0.2) is 24.0 Å². The van der Waals surface area contributed by atoms with Gasteiger partial charge in [-0.05, 0) is 18.5 Å². The van der Waals surface area contributed by atoms with Crippen molar-refractivity contribution in [2.45, 2.75) is 0 Å². The van der Waals surface area contributed by atoms with Gasteiger partial charge in [-0.25, -0.2) is 9.97 Å². The standard InChI is InChI=1S/C6H4N2S.CH5N/c1-2-9-6-5(1)3-7-4-8-6;1-2/h1-4H;2H2,1H3. The van der Waals surface area contributed by atoms with E-state index in [9.17, 15) is 0 Å². The summed E-state index contributed by atoms with van der Waals surface area (Å²) in [5, 5.41) is 3.14. The fourth-order valence-electron chi connectivity index (χ4n) is 0.714. The smallest absolute Gasteiger partial charge is 0.126 e. The molecule has 0 saturated heterocycles. The highest BCUT2D eigenvalue weighted by atomic mass is 32.1. The van der Waals surface area contributed by atoms with E-state index in [1.54, 1.807) is 17.7 Å². The number of hydrogen-bond donors (Lipinski definition) is 1. The summed E-state index contributed by atoms with van der Waals surface area (Å²) < 4.78 is 0. The molecule has 0 bridgehead atoms. The van der Waals surface area contributed by atoms with Crippen LogP contribution in [0.4, 0.5) is 0 Å². The molecule has 0 atom stereocenters. The van der Waals surface area contributed by atoms with Crippen molar-refractivity contribution in [3.63, 3.8) is 0 Å². The summed E-state index contributed by atoms with van der Waals surface area (Å²) in [6.45, 7) is 0. The van der Waals surface area contributed by atoms with Gasteiger partial charge in [0.25, 0.3) is 0 Å². The van der Waals surface area contributed by atoms with E-state index in [1.165, 1.54) is 7.05 Å². The summed E-state index contributed by atoms with van der Waals surface area (Å²) in [5.74, 6) is 0. The Labute approximate surface area is 68.9 Å². The molecule has 0 aliphatic carbocycles. The van der Waals surface area contributed by atoms with Crippen LogP contribution in [0, 0.1) is 0 Å². The maximum Gasteiger partial charge on any atom is 0.126 e. The van der Waals surface area contributed by atoms with E-state index in [1.807, 2.05) is 17.6 Å². The third-order valence-electron chi connectivity index (χ3n) is 1.13. The number of nitrogens with zero attached hydrogens (tertiary/aromatic N) is 2. The molecule has 58 valence electrons. The van der Waals surface area contributed by atoms with Gasteiger partial charge >= 0.3 is 0 Å². The van der Waals surface area contributed by atoms with Crippen LogP contribution in [0.1, 0.15) is 0 Å². The Hall–Kier alpha value is -1.00. The summed E-state index contributed by atoms with van der Waals surface area (Å²) in [6, 6.07) is 2.01. The van der Waals surface area contributed by atoms with Crippen LogP contribution in [0.5, 0.6) is 0 Å². The molecule has 0 amide bonds. The number of fused-ring (bicyclic) bond motifs is 1. The van der Waals surface area contributed by atoms with E-state index in [2.05, 4.69) is 15.7 Å². The quantitative estimate of drug-likeness (QED) is 0.642. The monoisotopic (exact) mass is 167 g/mol. The molecule has 0 aliphatic rings. The lowest BCUT2D eigenvalue weighted by molar-refractivity contribution is 1.23. The Morgan fingerprint density at radius 2 is 2.27 bits per heavy atom. The van der Waals surface area contributed by atoms with E-state index >= 15 is 0 Å². The van der Waals surface area contributed by atoms with Gasteiger partial charge in [0.15, 0.2) is 0 Å². The molecule has 0 spiro atoms. The summed E-state index contributed by atoms with van der Waals surface area (Å²) in [6.07, 6.45) is 3.39. The number of aromatic nitrogens is 2. The highest BCUT2D eigenvalue weighted by Crippen LogP contribution is 2.14. The van der Waals surface area contributed by atoms with Crippen molar-refractivity contribution in [3.05, 3.63) is 24.0 Å². The van der Waals surface area contributed by atoms with Gasteiger partial charge in [0, 0.05) is 11.6 Å². The maximum atomic E-state index is 4.50. The Bertz CT molecular complexity index is 288. The van der Waals surface area contributed by atoms with E-state index in [-0.39, 0.29) is 0 Å². The number of thiophene rings is 1. The molecule has 3 nitrogen and oxygen atoms in total. The molecule has 4 heteroatoms. The zero-order valence-electron chi connectivity index (χ0n) is 6.19. The minimum Gasteiger partial charge on any atom is -0.333 e. The van der Waals surface area contributed by atoms with Crippen LogP contribution in [-0.4, -0.2) is 17.0 Å². The first-order valence-electron chi connectivity index (χ1n) is 3.18. The van der Waals surface area contributed by atoms with E-state index < -0.39 is 0 Å². The SMILES string of the molecule is CN.c1ncc2ccsc2n1. The van der Waals surface area contributed by atoms with Crippen molar-refractivity contribution < 1.29 is 0 Å². The van der Waals surface area contributed by atoms with Crippen LogP contribution in [0.3, 0.4) is 0 Å². The molecule has 2 aromatic heterocycles. The Morgan fingerprint density at radius 1 is 1.45 bits per heavy atom. The van der Waals surface area contributed by atoms with Crippen LogP contribution in [0.25, 0.3) is 10.2 Å². The number of rotatable bonds is 0. The first-order chi connectivity index (χ1) is 5.47. The Kier molecular flexibility index (Phi) is 2.95. The summed E-state index contributed by atoms with van der Waals surface area (Å²) in [5.41, 5.74) is 4.50. The van der Waals surface area contributed by atoms with E-state index in [0.717, 1.165) is 10.2 Å². The first kappa shape index (κ1) is 8.10. The molecule has 0 fully saturated rings. The third kappa shape index (κ3) is 1.72. The van der Waals surface area contributed by atoms with Crippen molar-refractivity contribution in [1.82, 2.24) is 9.97 Å². The topological polar surface area (TPSA) is 51.8 Å². The maximum absolute atomic E-state index is 4.50.